The first-order valence-electron chi connectivity index (χ1n) is 7.47. The van der Waals surface area contributed by atoms with E-state index < -0.39 is 10.0 Å². The van der Waals surface area contributed by atoms with Gasteiger partial charge < -0.3 is 0 Å². The number of aromatic nitrogens is 2. The highest BCUT2D eigenvalue weighted by Crippen LogP contribution is 2.14. The van der Waals surface area contributed by atoms with E-state index in [1.807, 2.05) is 37.3 Å². The number of rotatable bonds is 5. The van der Waals surface area contributed by atoms with Gasteiger partial charge in [0.05, 0.1) is 16.3 Å². The average Bonchev–Trinajstić information content (AvgIpc) is 2.62. The molecule has 0 aliphatic heterocycles. The summed E-state index contributed by atoms with van der Waals surface area (Å²) in [6, 6.07) is 16.0. The fraction of sp³-hybridized carbons (Fsp3) is 0.111. The lowest BCUT2D eigenvalue weighted by Gasteiger charge is -2.07. The molecule has 1 aromatic carbocycles. The number of nitrogens with one attached hydrogen (secondary N) is 1. The summed E-state index contributed by atoms with van der Waals surface area (Å²) in [5.74, 6) is 0. The van der Waals surface area contributed by atoms with Gasteiger partial charge in [0.1, 0.15) is 0 Å². The number of hydrogen-bond acceptors (Lipinski definition) is 4. The molecule has 5 nitrogen and oxygen atoms in total. The van der Waals surface area contributed by atoms with E-state index in [9.17, 15) is 8.42 Å². The molecule has 1 N–H and O–H groups in total. The van der Waals surface area contributed by atoms with Crippen LogP contribution in [0, 0.1) is 6.92 Å². The Morgan fingerprint density at radius 2 is 1.67 bits per heavy atom. The summed E-state index contributed by atoms with van der Waals surface area (Å²) in [5.41, 5.74) is 3.33. The van der Waals surface area contributed by atoms with Crippen molar-refractivity contribution in [3.63, 3.8) is 0 Å². The van der Waals surface area contributed by atoms with Gasteiger partial charge in [0, 0.05) is 18.9 Å². The Morgan fingerprint density at radius 1 is 0.917 bits per heavy atom. The Hall–Kier alpha value is -2.57. The van der Waals surface area contributed by atoms with E-state index in [1.54, 1.807) is 36.7 Å². The Morgan fingerprint density at radius 3 is 2.29 bits per heavy atom. The minimum absolute atomic E-state index is 0.186. The smallest absolute Gasteiger partial charge is 0.240 e. The molecular weight excluding hydrogens is 322 g/mol. The zero-order chi connectivity index (χ0) is 17.0. The summed E-state index contributed by atoms with van der Waals surface area (Å²) in [5, 5.41) is 0. The van der Waals surface area contributed by atoms with Gasteiger partial charge >= 0.3 is 0 Å². The van der Waals surface area contributed by atoms with E-state index in [0.29, 0.717) is 0 Å². The molecule has 0 unspecified atom stereocenters. The highest BCUT2D eigenvalue weighted by Gasteiger charge is 2.13. The molecule has 3 aromatic rings. The third-order valence-electron chi connectivity index (χ3n) is 3.55. The fourth-order valence-corrected chi connectivity index (χ4v) is 3.19. The third kappa shape index (κ3) is 3.84. The van der Waals surface area contributed by atoms with Gasteiger partial charge in [-0.2, -0.15) is 0 Å². The van der Waals surface area contributed by atoms with Crippen LogP contribution in [0.15, 0.2) is 71.9 Å². The summed E-state index contributed by atoms with van der Waals surface area (Å²) >= 11 is 0. The maximum atomic E-state index is 12.3. The minimum atomic E-state index is -3.53. The first-order valence-corrected chi connectivity index (χ1v) is 8.95. The van der Waals surface area contributed by atoms with Crippen LogP contribution >= 0.6 is 0 Å². The lowest BCUT2D eigenvalue weighted by molar-refractivity contribution is 0.581. The van der Waals surface area contributed by atoms with Gasteiger partial charge in [0.25, 0.3) is 0 Å². The van der Waals surface area contributed by atoms with Crippen molar-refractivity contribution in [2.45, 2.75) is 18.4 Å². The number of aryl methyl sites for hydroxylation is 1. The van der Waals surface area contributed by atoms with Crippen molar-refractivity contribution in [2.24, 2.45) is 0 Å². The van der Waals surface area contributed by atoms with E-state index >= 15 is 0 Å². The van der Waals surface area contributed by atoms with Gasteiger partial charge in [-0.05, 0) is 42.8 Å². The quantitative estimate of drug-likeness (QED) is 0.776. The van der Waals surface area contributed by atoms with Gasteiger partial charge in [-0.15, -0.1) is 0 Å². The summed E-state index contributed by atoms with van der Waals surface area (Å²) in [6.07, 6.45) is 3.36. The molecule has 0 saturated carbocycles. The molecule has 0 bridgehead atoms. The first kappa shape index (κ1) is 16.3. The average molecular weight is 339 g/mol. The van der Waals surface area contributed by atoms with E-state index in [4.69, 9.17) is 0 Å². The van der Waals surface area contributed by atoms with Crippen molar-refractivity contribution < 1.29 is 8.42 Å². The summed E-state index contributed by atoms with van der Waals surface area (Å²) < 4.78 is 27.1. The van der Waals surface area contributed by atoms with Crippen LogP contribution in [0.2, 0.25) is 0 Å². The molecule has 3 rings (SSSR count). The molecule has 0 atom stereocenters. The summed E-state index contributed by atoms with van der Waals surface area (Å²) in [4.78, 5) is 8.83. The SMILES string of the molecule is Cc1ccc(S(=O)(=O)NCc2ccc(-c3ccccn3)nc2)cc1. The summed E-state index contributed by atoms with van der Waals surface area (Å²) in [6.45, 7) is 2.10. The lowest BCUT2D eigenvalue weighted by atomic mass is 10.2. The first-order chi connectivity index (χ1) is 11.5. The van der Waals surface area contributed by atoms with Crippen LogP contribution in [0.25, 0.3) is 11.4 Å². The maximum absolute atomic E-state index is 12.3. The van der Waals surface area contributed by atoms with Crippen molar-refractivity contribution in [2.75, 3.05) is 0 Å². The second-order valence-corrected chi connectivity index (χ2v) is 7.17. The Bertz CT molecular complexity index is 907. The molecule has 0 aliphatic rings. The van der Waals surface area contributed by atoms with Crippen molar-refractivity contribution in [3.05, 3.63) is 78.1 Å². The van der Waals surface area contributed by atoms with Crippen molar-refractivity contribution >= 4 is 10.0 Å². The van der Waals surface area contributed by atoms with Crippen LogP contribution in [-0.2, 0) is 16.6 Å². The zero-order valence-electron chi connectivity index (χ0n) is 13.2. The normalized spacial score (nSPS) is 11.4. The van der Waals surface area contributed by atoms with E-state index in [-0.39, 0.29) is 11.4 Å². The largest absolute Gasteiger partial charge is 0.255 e. The van der Waals surface area contributed by atoms with Crippen LogP contribution in [0.5, 0.6) is 0 Å². The van der Waals surface area contributed by atoms with Crippen LogP contribution in [0.3, 0.4) is 0 Å². The molecule has 0 fully saturated rings. The van der Waals surface area contributed by atoms with E-state index in [2.05, 4.69) is 14.7 Å². The van der Waals surface area contributed by atoms with Crippen molar-refractivity contribution in [1.82, 2.24) is 14.7 Å². The van der Waals surface area contributed by atoms with Crippen LogP contribution in [0.4, 0.5) is 0 Å². The topological polar surface area (TPSA) is 72.0 Å². The van der Waals surface area contributed by atoms with Gasteiger partial charge in [-0.25, -0.2) is 13.1 Å². The molecule has 6 heteroatoms. The van der Waals surface area contributed by atoms with Crippen molar-refractivity contribution in [1.29, 1.82) is 0 Å². The molecule has 0 amide bonds. The Labute approximate surface area is 141 Å². The molecule has 122 valence electrons. The second kappa shape index (κ2) is 6.90. The molecule has 2 aromatic heterocycles. The zero-order valence-corrected chi connectivity index (χ0v) is 14.0. The highest BCUT2D eigenvalue weighted by molar-refractivity contribution is 7.89. The molecule has 0 saturated heterocycles. The molecular formula is C18H17N3O2S. The third-order valence-corrected chi connectivity index (χ3v) is 4.97. The Kier molecular flexibility index (Phi) is 4.69. The van der Waals surface area contributed by atoms with E-state index in [1.165, 1.54) is 0 Å². The number of hydrogen-bond donors (Lipinski definition) is 1. The standard InChI is InChI=1S/C18H17N3O2S/c1-14-5-8-16(9-6-14)24(22,23)21-13-15-7-10-18(20-12-15)17-4-2-3-11-19-17/h2-12,21H,13H2,1H3. The van der Waals surface area contributed by atoms with Gasteiger partial charge in [0.15, 0.2) is 0 Å². The van der Waals surface area contributed by atoms with Crippen molar-refractivity contribution in [3.8, 4) is 11.4 Å². The molecule has 2 heterocycles. The predicted octanol–water partition coefficient (Wildman–Crippen LogP) is 2.93. The number of nitrogens with zero attached hydrogens (tertiary/aromatic N) is 2. The molecule has 0 aliphatic carbocycles. The van der Waals surface area contributed by atoms with Gasteiger partial charge in [0.2, 0.25) is 10.0 Å². The number of benzene rings is 1. The van der Waals surface area contributed by atoms with E-state index in [0.717, 1.165) is 22.5 Å². The van der Waals surface area contributed by atoms with Crippen LogP contribution in [0.1, 0.15) is 11.1 Å². The second-order valence-electron chi connectivity index (χ2n) is 5.40. The lowest BCUT2D eigenvalue weighted by Crippen LogP contribution is -2.23. The van der Waals surface area contributed by atoms with Crippen LogP contribution in [-0.4, -0.2) is 18.4 Å². The maximum Gasteiger partial charge on any atom is 0.240 e. The predicted molar refractivity (Wildman–Crippen MR) is 92.7 cm³/mol. The van der Waals surface area contributed by atoms with Gasteiger partial charge in [-0.1, -0.05) is 29.8 Å². The molecule has 0 spiro atoms. The monoisotopic (exact) mass is 339 g/mol. The van der Waals surface area contributed by atoms with Gasteiger partial charge in [-0.3, -0.25) is 9.97 Å². The molecule has 0 radical (unpaired) electrons. The highest BCUT2D eigenvalue weighted by atomic mass is 32.2. The minimum Gasteiger partial charge on any atom is -0.255 e. The molecule has 24 heavy (non-hydrogen) atoms. The Balaban J connectivity index is 1.69. The fourth-order valence-electron chi connectivity index (χ4n) is 2.17. The number of pyridine rings is 2. The summed E-state index contributed by atoms with van der Waals surface area (Å²) in [7, 11) is -3.53. The van der Waals surface area contributed by atoms with Crippen LogP contribution < -0.4 is 4.72 Å². The number of sulfonamides is 1.